The monoisotopic (exact) mass is 430 g/mol. The van der Waals surface area contributed by atoms with Crippen LogP contribution in [0.3, 0.4) is 0 Å². The maximum absolute atomic E-state index is 13.5. The van der Waals surface area contributed by atoms with Crippen molar-refractivity contribution in [3.8, 4) is 5.75 Å². The van der Waals surface area contributed by atoms with Crippen LogP contribution in [0, 0.1) is 0 Å². The van der Waals surface area contributed by atoms with Crippen molar-refractivity contribution in [2.75, 3.05) is 23.9 Å². The highest BCUT2D eigenvalue weighted by Gasteiger charge is 2.35. The molecule has 0 spiro atoms. The molecule has 164 valence electrons. The normalized spacial score (nSPS) is 11.3. The van der Waals surface area contributed by atoms with Crippen LogP contribution in [0.25, 0.3) is 0 Å². The van der Waals surface area contributed by atoms with Crippen molar-refractivity contribution in [1.82, 2.24) is 9.97 Å². The number of anilines is 4. The molecular weight excluding hydrogens is 405 g/mol. The van der Waals surface area contributed by atoms with Crippen molar-refractivity contribution in [2.45, 2.75) is 32.9 Å². The average Bonchev–Trinajstić information content (AvgIpc) is 2.77. The van der Waals surface area contributed by atoms with E-state index < -0.39 is 11.7 Å². The number of alkyl halides is 3. The first-order valence-corrected chi connectivity index (χ1v) is 10.1. The number of halogens is 3. The number of nitrogens with one attached hydrogen (secondary N) is 1. The molecule has 3 aromatic rings. The Morgan fingerprint density at radius 3 is 2.26 bits per heavy atom. The molecule has 2 aromatic carbocycles. The first kappa shape index (κ1) is 22.4. The summed E-state index contributed by atoms with van der Waals surface area (Å²) in [6, 6.07) is 14.4. The lowest BCUT2D eigenvalue weighted by Crippen LogP contribution is -2.17. The topological polar surface area (TPSA) is 50.3 Å². The minimum Gasteiger partial charge on any atom is -0.494 e. The Labute approximate surface area is 179 Å². The summed E-state index contributed by atoms with van der Waals surface area (Å²) in [4.78, 5) is 9.77. The minimum absolute atomic E-state index is 0.155. The van der Waals surface area contributed by atoms with Crippen LogP contribution < -0.4 is 15.0 Å². The summed E-state index contributed by atoms with van der Waals surface area (Å²) in [5, 5.41) is 2.77. The van der Waals surface area contributed by atoms with Gasteiger partial charge in [0.25, 0.3) is 0 Å². The van der Waals surface area contributed by atoms with Crippen LogP contribution in [0.4, 0.5) is 36.3 Å². The standard InChI is InChI=1S/C23H25F3N4O/c1-4-14-31-19-12-8-17(9-13-19)28-21-20(23(24,25)26)15-27-22(29-21)30(3)18-10-6-16(5-2)7-11-18/h6-13,15H,4-5,14H2,1-3H3,(H,27,28,29). The van der Waals surface area contributed by atoms with Crippen molar-refractivity contribution in [2.24, 2.45) is 0 Å². The van der Waals surface area contributed by atoms with Gasteiger partial charge in [-0.3, -0.25) is 0 Å². The van der Waals surface area contributed by atoms with E-state index in [1.54, 1.807) is 36.2 Å². The van der Waals surface area contributed by atoms with Gasteiger partial charge in [-0.25, -0.2) is 4.98 Å². The van der Waals surface area contributed by atoms with Gasteiger partial charge in [0.1, 0.15) is 17.1 Å². The molecule has 31 heavy (non-hydrogen) atoms. The van der Waals surface area contributed by atoms with Crippen molar-refractivity contribution < 1.29 is 17.9 Å². The molecule has 8 heteroatoms. The van der Waals surface area contributed by atoms with Gasteiger partial charge in [0.15, 0.2) is 0 Å². The average molecular weight is 430 g/mol. The zero-order valence-corrected chi connectivity index (χ0v) is 17.7. The van der Waals surface area contributed by atoms with Gasteiger partial charge in [0.05, 0.1) is 6.61 Å². The molecule has 1 N–H and O–H groups in total. The molecule has 3 rings (SSSR count). The Balaban J connectivity index is 1.89. The SMILES string of the molecule is CCCOc1ccc(Nc2nc(N(C)c3ccc(CC)cc3)ncc2C(F)(F)F)cc1. The van der Waals surface area contributed by atoms with Gasteiger partial charge in [-0.2, -0.15) is 18.2 Å². The fourth-order valence-electron chi connectivity index (χ4n) is 2.90. The summed E-state index contributed by atoms with van der Waals surface area (Å²) in [6.07, 6.45) is -2.02. The third-order valence-corrected chi connectivity index (χ3v) is 4.70. The maximum Gasteiger partial charge on any atom is 0.421 e. The lowest BCUT2D eigenvalue weighted by atomic mass is 10.1. The number of aromatic nitrogens is 2. The van der Waals surface area contributed by atoms with E-state index in [-0.39, 0.29) is 11.8 Å². The molecule has 0 saturated heterocycles. The summed E-state index contributed by atoms with van der Waals surface area (Å²) in [5.74, 6) is 0.501. The highest BCUT2D eigenvalue weighted by atomic mass is 19.4. The predicted molar refractivity (Wildman–Crippen MR) is 116 cm³/mol. The fourth-order valence-corrected chi connectivity index (χ4v) is 2.90. The zero-order valence-electron chi connectivity index (χ0n) is 17.7. The van der Waals surface area contributed by atoms with Crippen LogP contribution in [0.2, 0.25) is 0 Å². The van der Waals surface area contributed by atoms with E-state index in [0.29, 0.717) is 18.0 Å². The van der Waals surface area contributed by atoms with Crippen LogP contribution in [-0.4, -0.2) is 23.6 Å². The molecule has 0 fully saturated rings. The molecule has 1 aromatic heterocycles. The van der Waals surface area contributed by atoms with E-state index in [0.717, 1.165) is 24.7 Å². The fraction of sp³-hybridized carbons (Fsp3) is 0.304. The molecule has 0 unspecified atom stereocenters. The van der Waals surface area contributed by atoms with Gasteiger partial charge in [0, 0.05) is 24.6 Å². The Kier molecular flexibility index (Phi) is 6.99. The Bertz CT molecular complexity index is 989. The van der Waals surface area contributed by atoms with E-state index in [4.69, 9.17) is 4.74 Å². The summed E-state index contributed by atoms with van der Waals surface area (Å²) >= 11 is 0. The summed E-state index contributed by atoms with van der Waals surface area (Å²) in [5.41, 5.74) is 1.48. The molecule has 0 radical (unpaired) electrons. The van der Waals surface area contributed by atoms with Gasteiger partial charge in [-0.1, -0.05) is 26.0 Å². The Morgan fingerprint density at radius 1 is 1.00 bits per heavy atom. The molecule has 0 aliphatic rings. The van der Waals surface area contributed by atoms with Crippen molar-refractivity contribution in [3.05, 3.63) is 65.9 Å². The summed E-state index contributed by atoms with van der Waals surface area (Å²) in [6.45, 7) is 4.63. The molecule has 0 atom stereocenters. The summed E-state index contributed by atoms with van der Waals surface area (Å²) in [7, 11) is 1.72. The number of ether oxygens (including phenoxy) is 1. The third-order valence-electron chi connectivity index (χ3n) is 4.70. The zero-order chi connectivity index (χ0) is 22.4. The van der Waals surface area contributed by atoms with Crippen molar-refractivity contribution >= 4 is 23.1 Å². The predicted octanol–water partition coefficient (Wildman–Crippen LogP) is 6.36. The number of aryl methyl sites for hydroxylation is 1. The molecule has 0 saturated carbocycles. The van der Waals surface area contributed by atoms with Crippen LogP contribution >= 0.6 is 0 Å². The number of hydrogen-bond acceptors (Lipinski definition) is 5. The van der Waals surface area contributed by atoms with E-state index in [2.05, 4.69) is 22.2 Å². The molecule has 1 heterocycles. The first-order valence-electron chi connectivity index (χ1n) is 10.1. The molecule has 5 nitrogen and oxygen atoms in total. The molecular formula is C23H25F3N4O. The highest BCUT2D eigenvalue weighted by Crippen LogP contribution is 2.36. The number of rotatable bonds is 8. The van der Waals surface area contributed by atoms with Crippen LogP contribution in [0.1, 0.15) is 31.4 Å². The van der Waals surface area contributed by atoms with Gasteiger partial charge < -0.3 is 15.0 Å². The minimum atomic E-state index is -4.59. The molecule has 0 bridgehead atoms. The second-order valence-corrected chi connectivity index (χ2v) is 7.01. The van der Waals surface area contributed by atoms with E-state index >= 15 is 0 Å². The number of hydrogen-bond donors (Lipinski definition) is 1. The van der Waals surface area contributed by atoms with Gasteiger partial charge in [-0.05, 0) is 54.8 Å². The number of nitrogens with zero attached hydrogens (tertiary/aromatic N) is 3. The largest absolute Gasteiger partial charge is 0.494 e. The third kappa shape index (κ3) is 5.65. The lowest BCUT2D eigenvalue weighted by Gasteiger charge is -2.20. The van der Waals surface area contributed by atoms with Crippen LogP contribution in [0.15, 0.2) is 54.7 Å². The molecule has 0 amide bonds. The van der Waals surface area contributed by atoms with Gasteiger partial charge in [-0.15, -0.1) is 0 Å². The van der Waals surface area contributed by atoms with Crippen molar-refractivity contribution in [1.29, 1.82) is 0 Å². The Morgan fingerprint density at radius 2 is 1.68 bits per heavy atom. The first-order chi connectivity index (χ1) is 14.8. The number of benzene rings is 2. The van der Waals surface area contributed by atoms with E-state index in [1.807, 2.05) is 31.2 Å². The second kappa shape index (κ2) is 9.68. The Hall–Kier alpha value is -3.29. The second-order valence-electron chi connectivity index (χ2n) is 7.01. The van der Waals surface area contributed by atoms with E-state index in [9.17, 15) is 13.2 Å². The summed E-state index contributed by atoms with van der Waals surface area (Å²) < 4.78 is 46.1. The quantitative estimate of drug-likeness (QED) is 0.451. The van der Waals surface area contributed by atoms with E-state index in [1.165, 1.54) is 5.56 Å². The highest BCUT2D eigenvalue weighted by molar-refractivity contribution is 5.64. The van der Waals surface area contributed by atoms with Crippen LogP contribution in [-0.2, 0) is 12.6 Å². The lowest BCUT2D eigenvalue weighted by molar-refractivity contribution is -0.137. The molecule has 0 aliphatic heterocycles. The van der Waals surface area contributed by atoms with Gasteiger partial charge >= 0.3 is 6.18 Å². The van der Waals surface area contributed by atoms with Crippen molar-refractivity contribution in [3.63, 3.8) is 0 Å². The van der Waals surface area contributed by atoms with Crippen LogP contribution in [0.5, 0.6) is 5.75 Å². The maximum atomic E-state index is 13.5. The molecule has 0 aliphatic carbocycles. The van der Waals surface area contributed by atoms with Gasteiger partial charge in [0.2, 0.25) is 5.95 Å². The smallest absolute Gasteiger partial charge is 0.421 e.